The van der Waals surface area contributed by atoms with Crippen LogP contribution in [0.4, 0.5) is 0 Å². The Morgan fingerprint density at radius 3 is 2.69 bits per heavy atom. The van der Waals surface area contributed by atoms with Crippen LogP contribution >= 0.6 is 0 Å². The normalized spacial score (nSPS) is 15.2. The van der Waals surface area contributed by atoms with Crippen molar-refractivity contribution < 1.29 is 18.0 Å². The SMILES string of the molecule is O=C(Cn1c(=O)oc2ccccc21)N1CCC(c2nnc(-c3ccco3)o2)CC1. The van der Waals surface area contributed by atoms with Gasteiger partial charge < -0.3 is 18.2 Å². The fourth-order valence-corrected chi connectivity index (χ4v) is 3.67. The maximum atomic E-state index is 12.7. The lowest BCUT2D eigenvalue weighted by Crippen LogP contribution is -2.40. The molecule has 1 amide bonds. The summed E-state index contributed by atoms with van der Waals surface area (Å²) in [5, 5.41) is 8.17. The number of carbonyl (C=O) groups is 1. The lowest BCUT2D eigenvalue weighted by atomic mass is 9.97. The zero-order valence-electron chi connectivity index (χ0n) is 15.5. The number of piperidine rings is 1. The molecule has 0 radical (unpaired) electrons. The van der Waals surface area contributed by atoms with Crippen molar-refractivity contribution in [1.29, 1.82) is 0 Å². The van der Waals surface area contributed by atoms with E-state index in [1.54, 1.807) is 41.5 Å². The third kappa shape index (κ3) is 3.24. The summed E-state index contributed by atoms with van der Waals surface area (Å²) >= 11 is 0. The number of rotatable bonds is 4. The maximum absolute atomic E-state index is 12.7. The molecule has 1 aliphatic heterocycles. The Morgan fingerprint density at radius 2 is 1.90 bits per heavy atom. The highest BCUT2D eigenvalue weighted by atomic mass is 16.4. The third-order valence-corrected chi connectivity index (χ3v) is 5.24. The van der Waals surface area contributed by atoms with Crippen molar-refractivity contribution in [2.75, 3.05) is 13.1 Å². The summed E-state index contributed by atoms with van der Waals surface area (Å²) in [4.78, 5) is 26.6. The third-order valence-electron chi connectivity index (χ3n) is 5.24. The van der Waals surface area contributed by atoms with E-state index in [0.717, 1.165) is 0 Å². The van der Waals surface area contributed by atoms with Crippen LogP contribution in [0, 0.1) is 0 Å². The zero-order chi connectivity index (χ0) is 19.8. The number of benzene rings is 1. The van der Waals surface area contributed by atoms with E-state index < -0.39 is 5.76 Å². The number of likely N-dealkylation sites (tertiary alicyclic amines) is 1. The molecule has 3 aromatic heterocycles. The van der Waals surface area contributed by atoms with Crippen molar-refractivity contribution in [2.24, 2.45) is 0 Å². The van der Waals surface area contributed by atoms with Gasteiger partial charge in [0.1, 0.15) is 6.54 Å². The fraction of sp³-hybridized carbons (Fsp3) is 0.300. The highest BCUT2D eigenvalue weighted by Gasteiger charge is 2.28. The topological polar surface area (TPSA) is 108 Å². The van der Waals surface area contributed by atoms with E-state index >= 15 is 0 Å². The van der Waals surface area contributed by atoms with Crippen LogP contribution in [0.25, 0.3) is 22.8 Å². The first-order valence-corrected chi connectivity index (χ1v) is 9.42. The molecule has 0 N–H and O–H groups in total. The van der Waals surface area contributed by atoms with Gasteiger partial charge in [0.05, 0.1) is 11.8 Å². The molecule has 1 fully saturated rings. The van der Waals surface area contributed by atoms with Crippen LogP contribution in [-0.4, -0.2) is 38.7 Å². The van der Waals surface area contributed by atoms with E-state index in [2.05, 4.69) is 10.2 Å². The Morgan fingerprint density at radius 1 is 1.07 bits per heavy atom. The number of hydrogen-bond donors (Lipinski definition) is 0. The van der Waals surface area contributed by atoms with Crippen molar-refractivity contribution >= 4 is 17.0 Å². The molecule has 9 heteroatoms. The second-order valence-electron chi connectivity index (χ2n) is 7.00. The van der Waals surface area contributed by atoms with E-state index in [1.807, 2.05) is 6.07 Å². The molecule has 0 unspecified atom stereocenters. The van der Waals surface area contributed by atoms with Gasteiger partial charge in [-0.3, -0.25) is 9.36 Å². The lowest BCUT2D eigenvalue weighted by Gasteiger charge is -2.30. The first-order valence-electron chi connectivity index (χ1n) is 9.42. The molecule has 0 aliphatic carbocycles. The van der Waals surface area contributed by atoms with Gasteiger partial charge in [-0.2, -0.15) is 0 Å². The van der Waals surface area contributed by atoms with Crippen molar-refractivity contribution in [1.82, 2.24) is 19.7 Å². The van der Waals surface area contributed by atoms with Crippen molar-refractivity contribution in [2.45, 2.75) is 25.3 Å². The summed E-state index contributed by atoms with van der Waals surface area (Å²) < 4.78 is 17.6. The molecule has 148 valence electrons. The molecule has 29 heavy (non-hydrogen) atoms. The summed E-state index contributed by atoms with van der Waals surface area (Å²) in [5.74, 6) is 0.904. The van der Waals surface area contributed by atoms with Crippen LogP contribution in [0.5, 0.6) is 0 Å². The largest absolute Gasteiger partial charge is 0.459 e. The predicted molar refractivity (Wildman–Crippen MR) is 101 cm³/mol. The summed E-state index contributed by atoms with van der Waals surface area (Å²) in [7, 11) is 0. The Kier molecular flexibility index (Phi) is 4.27. The Labute approximate surface area is 164 Å². The summed E-state index contributed by atoms with van der Waals surface area (Å²) in [6, 6.07) is 10.6. The highest BCUT2D eigenvalue weighted by Crippen LogP contribution is 2.29. The molecule has 1 saturated heterocycles. The number of para-hydroxylation sites is 2. The van der Waals surface area contributed by atoms with Crippen LogP contribution in [0.2, 0.25) is 0 Å². The molecule has 0 atom stereocenters. The van der Waals surface area contributed by atoms with Gasteiger partial charge in [0.25, 0.3) is 5.89 Å². The van der Waals surface area contributed by atoms with Gasteiger partial charge in [-0.1, -0.05) is 12.1 Å². The molecule has 9 nitrogen and oxygen atoms in total. The summed E-state index contributed by atoms with van der Waals surface area (Å²) in [5.41, 5.74) is 1.10. The van der Waals surface area contributed by atoms with Crippen LogP contribution in [0.15, 0.2) is 60.7 Å². The van der Waals surface area contributed by atoms with Gasteiger partial charge >= 0.3 is 5.76 Å². The van der Waals surface area contributed by atoms with Gasteiger partial charge in [0.15, 0.2) is 11.3 Å². The fourth-order valence-electron chi connectivity index (χ4n) is 3.67. The average Bonchev–Trinajstić information content (AvgIpc) is 3.49. The van der Waals surface area contributed by atoms with Crippen LogP contribution in [-0.2, 0) is 11.3 Å². The molecule has 0 bridgehead atoms. The zero-order valence-corrected chi connectivity index (χ0v) is 15.5. The van der Waals surface area contributed by atoms with Crippen LogP contribution < -0.4 is 5.76 Å². The smallest absolute Gasteiger partial charge is 0.420 e. The van der Waals surface area contributed by atoms with Crippen LogP contribution in [0.1, 0.15) is 24.7 Å². The van der Waals surface area contributed by atoms with Crippen LogP contribution in [0.3, 0.4) is 0 Å². The second kappa shape index (κ2) is 7.08. The van der Waals surface area contributed by atoms with Crippen molar-refractivity contribution in [3.05, 3.63) is 59.1 Å². The van der Waals surface area contributed by atoms with Gasteiger partial charge in [0, 0.05) is 19.0 Å². The lowest BCUT2D eigenvalue weighted by molar-refractivity contribution is -0.133. The Balaban J connectivity index is 1.24. The number of amides is 1. The number of aromatic nitrogens is 3. The standard InChI is InChI=1S/C20H18N4O5/c25-17(12-24-14-4-1-2-5-15(14)28-20(24)26)23-9-7-13(8-10-23)18-21-22-19(29-18)16-6-3-11-27-16/h1-6,11,13H,7-10,12H2. The molecule has 4 aromatic rings. The summed E-state index contributed by atoms with van der Waals surface area (Å²) in [6.07, 6.45) is 2.98. The average molecular weight is 394 g/mol. The molecule has 1 aliphatic rings. The van der Waals surface area contributed by atoms with E-state index in [4.69, 9.17) is 13.3 Å². The molecule has 0 spiro atoms. The first-order chi connectivity index (χ1) is 14.2. The molecule has 5 rings (SSSR count). The van der Waals surface area contributed by atoms with Gasteiger partial charge in [-0.25, -0.2) is 4.79 Å². The molecule has 4 heterocycles. The Hall–Kier alpha value is -3.62. The van der Waals surface area contributed by atoms with Gasteiger partial charge in [-0.15, -0.1) is 10.2 Å². The van der Waals surface area contributed by atoms with Crippen molar-refractivity contribution in [3.63, 3.8) is 0 Å². The number of hydrogen-bond acceptors (Lipinski definition) is 7. The predicted octanol–water partition coefficient (Wildman–Crippen LogP) is 2.64. The minimum Gasteiger partial charge on any atom is -0.459 e. The van der Waals surface area contributed by atoms with E-state index in [1.165, 1.54) is 4.57 Å². The molecule has 1 aromatic carbocycles. The maximum Gasteiger partial charge on any atom is 0.420 e. The first kappa shape index (κ1) is 17.5. The van der Waals surface area contributed by atoms with E-state index in [0.29, 0.717) is 54.6 Å². The number of furan rings is 1. The van der Waals surface area contributed by atoms with E-state index in [-0.39, 0.29) is 18.4 Å². The number of fused-ring (bicyclic) bond motifs is 1. The minimum atomic E-state index is -0.522. The summed E-state index contributed by atoms with van der Waals surface area (Å²) in [6.45, 7) is 1.09. The number of oxazole rings is 1. The molecular weight excluding hydrogens is 376 g/mol. The minimum absolute atomic E-state index is 0.0380. The number of nitrogens with zero attached hydrogens (tertiary/aromatic N) is 4. The monoisotopic (exact) mass is 394 g/mol. The Bertz CT molecular complexity index is 1200. The van der Waals surface area contributed by atoms with E-state index in [9.17, 15) is 9.59 Å². The van der Waals surface area contributed by atoms with Gasteiger partial charge in [0.2, 0.25) is 11.8 Å². The van der Waals surface area contributed by atoms with Crippen molar-refractivity contribution in [3.8, 4) is 11.7 Å². The second-order valence-corrected chi connectivity index (χ2v) is 7.00. The number of carbonyl (C=O) groups excluding carboxylic acids is 1. The molecular formula is C20H18N4O5. The quantitative estimate of drug-likeness (QED) is 0.523. The van der Waals surface area contributed by atoms with Gasteiger partial charge in [-0.05, 0) is 37.1 Å². The molecule has 0 saturated carbocycles. The highest BCUT2D eigenvalue weighted by molar-refractivity contribution is 5.79.